The number of hydrogen-bond acceptors (Lipinski definition) is 3. The van der Waals surface area contributed by atoms with Gasteiger partial charge in [-0.05, 0) is 13.8 Å². The summed E-state index contributed by atoms with van der Waals surface area (Å²) in [4.78, 5) is 13.8. The molecule has 0 radical (unpaired) electrons. The van der Waals surface area contributed by atoms with Gasteiger partial charge in [-0.2, -0.15) is 0 Å². The fraction of sp³-hybridized carbons (Fsp3) is 0.727. The zero-order valence-electron chi connectivity index (χ0n) is 9.58. The van der Waals surface area contributed by atoms with Gasteiger partial charge in [-0.15, -0.1) is 0 Å². The molecule has 0 saturated carbocycles. The first-order valence-corrected chi connectivity index (χ1v) is 5.40. The van der Waals surface area contributed by atoms with E-state index in [2.05, 4.69) is 11.9 Å². The molecule has 4 heteroatoms. The first kappa shape index (κ1) is 12.2. The summed E-state index contributed by atoms with van der Waals surface area (Å²) in [6, 6.07) is 0. The minimum absolute atomic E-state index is 0.0627. The van der Waals surface area contributed by atoms with E-state index in [9.17, 15) is 4.79 Å². The van der Waals surface area contributed by atoms with Crippen LogP contribution in [0.1, 0.15) is 13.8 Å². The molecule has 0 aromatic heterocycles. The molecule has 1 N–H and O–H groups in total. The Labute approximate surface area is 91.3 Å². The van der Waals surface area contributed by atoms with Crippen molar-refractivity contribution < 1.29 is 9.53 Å². The van der Waals surface area contributed by atoms with Crippen molar-refractivity contribution in [2.75, 3.05) is 32.8 Å². The number of amides is 1. The number of carbonyl (C=O) groups excluding carboxylic acids is 1. The summed E-state index contributed by atoms with van der Waals surface area (Å²) < 4.78 is 5.42. The van der Waals surface area contributed by atoms with E-state index >= 15 is 0 Å². The molecule has 1 fully saturated rings. The predicted octanol–water partition coefficient (Wildman–Crippen LogP) is 0.399. The van der Waals surface area contributed by atoms with E-state index in [1.807, 2.05) is 13.8 Å². The van der Waals surface area contributed by atoms with Gasteiger partial charge in [-0.25, -0.2) is 0 Å². The molecule has 1 atom stereocenters. The van der Waals surface area contributed by atoms with Crippen molar-refractivity contribution in [1.82, 2.24) is 10.2 Å². The highest BCUT2D eigenvalue weighted by atomic mass is 16.5. The summed E-state index contributed by atoms with van der Waals surface area (Å²) in [5, 5.41) is 3.15. The van der Waals surface area contributed by atoms with Crippen LogP contribution in [-0.2, 0) is 9.53 Å². The molecule has 1 aliphatic rings. The van der Waals surface area contributed by atoms with Gasteiger partial charge < -0.3 is 15.0 Å². The van der Waals surface area contributed by atoms with E-state index in [1.54, 1.807) is 4.90 Å². The van der Waals surface area contributed by atoms with Crippen molar-refractivity contribution in [2.24, 2.45) is 0 Å². The largest absolute Gasteiger partial charge is 0.366 e. The second-order valence-electron chi connectivity index (χ2n) is 3.87. The molecule has 1 aliphatic heterocycles. The van der Waals surface area contributed by atoms with Crippen molar-refractivity contribution in [1.29, 1.82) is 0 Å². The summed E-state index contributed by atoms with van der Waals surface area (Å²) in [5.74, 6) is 0.0627. The number of nitrogens with zero attached hydrogens (tertiary/aromatic N) is 1. The fourth-order valence-electron chi connectivity index (χ4n) is 1.60. The van der Waals surface area contributed by atoms with Crippen molar-refractivity contribution in [3.63, 3.8) is 0 Å². The Kier molecular flexibility index (Phi) is 4.78. The molecule has 1 rings (SSSR count). The van der Waals surface area contributed by atoms with E-state index in [-0.39, 0.29) is 12.0 Å². The van der Waals surface area contributed by atoms with Gasteiger partial charge in [0.2, 0.25) is 0 Å². The first-order chi connectivity index (χ1) is 7.15. The average Bonchev–Trinajstić information content (AvgIpc) is 2.26. The molecule has 1 unspecified atom stereocenters. The minimum Gasteiger partial charge on any atom is -0.366 e. The summed E-state index contributed by atoms with van der Waals surface area (Å²) in [6.07, 6.45) is -0.321. The van der Waals surface area contributed by atoms with E-state index < -0.39 is 0 Å². The van der Waals surface area contributed by atoms with Crippen molar-refractivity contribution in [3.05, 3.63) is 12.2 Å². The van der Waals surface area contributed by atoms with Crippen molar-refractivity contribution in [3.8, 4) is 0 Å². The van der Waals surface area contributed by atoms with Gasteiger partial charge in [-0.3, -0.25) is 4.79 Å². The Balaban J connectivity index is 2.50. The second-order valence-corrected chi connectivity index (χ2v) is 3.87. The highest BCUT2D eigenvalue weighted by molar-refractivity contribution is 5.81. The summed E-state index contributed by atoms with van der Waals surface area (Å²) in [6.45, 7) is 11.1. The van der Waals surface area contributed by atoms with Crippen LogP contribution >= 0.6 is 0 Å². The normalized spacial score (nSPS) is 21.1. The Morgan fingerprint density at radius 1 is 1.67 bits per heavy atom. The molecule has 0 aromatic rings. The van der Waals surface area contributed by atoms with E-state index in [4.69, 9.17) is 4.74 Å². The molecule has 0 bridgehead atoms. The number of carbonyl (C=O) groups is 1. The SMILES string of the molecule is C=C(C)CN(CC)C(=O)C1CNCCO1. The topological polar surface area (TPSA) is 41.6 Å². The zero-order valence-corrected chi connectivity index (χ0v) is 9.58. The third-order valence-corrected chi connectivity index (χ3v) is 2.36. The number of ether oxygens (including phenoxy) is 1. The summed E-state index contributed by atoms with van der Waals surface area (Å²) in [7, 11) is 0. The Hall–Kier alpha value is -0.870. The maximum atomic E-state index is 12.0. The molecular formula is C11H20N2O2. The standard InChI is InChI=1S/C11H20N2O2/c1-4-13(8-9(2)3)11(14)10-7-12-5-6-15-10/h10,12H,2,4-8H2,1,3H3. The van der Waals surface area contributed by atoms with Crippen molar-refractivity contribution >= 4 is 5.91 Å². The molecule has 15 heavy (non-hydrogen) atoms. The highest BCUT2D eigenvalue weighted by Crippen LogP contribution is 2.04. The van der Waals surface area contributed by atoms with Crippen LogP contribution in [0.2, 0.25) is 0 Å². The number of hydrogen-bond donors (Lipinski definition) is 1. The number of rotatable bonds is 4. The third-order valence-electron chi connectivity index (χ3n) is 2.36. The van der Waals surface area contributed by atoms with E-state index in [0.717, 1.165) is 12.1 Å². The van der Waals surface area contributed by atoms with Gasteiger partial charge in [0.1, 0.15) is 6.10 Å². The van der Waals surface area contributed by atoms with Crippen LogP contribution in [0.4, 0.5) is 0 Å². The van der Waals surface area contributed by atoms with E-state index in [1.165, 1.54) is 0 Å². The highest BCUT2D eigenvalue weighted by Gasteiger charge is 2.25. The van der Waals surface area contributed by atoms with Crippen LogP contribution in [0, 0.1) is 0 Å². The van der Waals surface area contributed by atoms with Gasteiger partial charge in [0.15, 0.2) is 0 Å². The zero-order chi connectivity index (χ0) is 11.3. The predicted molar refractivity (Wildman–Crippen MR) is 59.7 cm³/mol. The first-order valence-electron chi connectivity index (χ1n) is 5.40. The van der Waals surface area contributed by atoms with Crippen molar-refractivity contribution in [2.45, 2.75) is 20.0 Å². The fourth-order valence-corrected chi connectivity index (χ4v) is 1.60. The van der Waals surface area contributed by atoms with Gasteiger partial charge in [0, 0.05) is 26.2 Å². The Morgan fingerprint density at radius 3 is 2.87 bits per heavy atom. The number of nitrogens with one attached hydrogen (secondary N) is 1. The lowest BCUT2D eigenvalue weighted by atomic mass is 10.2. The Bertz CT molecular complexity index is 235. The summed E-state index contributed by atoms with van der Waals surface area (Å²) in [5.41, 5.74) is 0.994. The third kappa shape index (κ3) is 3.64. The number of morpholine rings is 1. The monoisotopic (exact) mass is 212 g/mol. The quantitative estimate of drug-likeness (QED) is 0.686. The van der Waals surface area contributed by atoms with Crippen LogP contribution in [0.5, 0.6) is 0 Å². The molecule has 0 spiro atoms. The molecule has 4 nitrogen and oxygen atoms in total. The molecule has 1 heterocycles. The molecule has 1 amide bonds. The molecular weight excluding hydrogens is 192 g/mol. The Morgan fingerprint density at radius 2 is 2.40 bits per heavy atom. The maximum absolute atomic E-state index is 12.0. The smallest absolute Gasteiger partial charge is 0.253 e. The van der Waals surface area contributed by atoms with Gasteiger partial charge >= 0.3 is 0 Å². The lowest BCUT2D eigenvalue weighted by Gasteiger charge is -2.29. The maximum Gasteiger partial charge on any atom is 0.253 e. The number of likely N-dealkylation sites (N-methyl/N-ethyl adjacent to an activating group) is 1. The van der Waals surface area contributed by atoms with Gasteiger partial charge in [0.05, 0.1) is 6.61 Å². The van der Waals surface area contributed by atoms with Gasteiger partial charge in [0.25, 0.3) is 5.91 Å². The summed E-state index contributed by atoms with van der Waals surface area (Å²) >= 11 is 0. The van der Waals surface area contributed by atoms with Crippen LogP contribution in [0.25, 0.3) is 0 Å². The van der Waals surface area contributed by atoms with E-state index in [0.29, 0.717) is 26.2 Å². The molecule has 86 valence electrons. The van der Waals surface area contributed by atoms with Crippen LogP contribution in [0.15, 0.2) is 12.2 Å². The van der Waals surface area contributed by atoms with Crippen LogP contribution in [0.3, 0.4) is 0 Å². The minimum atomic E-state index is -0.321. The molecule has 0 aromatic carbocycles. The van der Waals surface area contributed by atoms with Crippen LogP contribution < -0.4 is 5.32 Å². The molecule has 0 aliphatic carbocycles. The lowest BCUT2D eigenvalue weighted by molar-refractivity contribution is -0.144. The van der Waals surface area contributed by atoms with Gasteiger partial charge in [-0.1, -0.05) is 12.2 Å². The van der Waals surface area contributed by atoms with Crippen LogP contribution in [-0.4, -0.2) is 49.7 Å². The average molecular weight is 212 g/mol. The molecule has 1 saturated heterocycles. The second kappa shape index (κ2) is 5.88. The lowest BCUT2D eigenvalue weighted by Crippen LogP contribution is -2.49.